The van der Waals surface area contributed by atoms with Crippen LogP contribution in [-0.2, 0) is 5.54 Å². The van der Waals surface area contributed by atoms with Crippen LogP contribution in [0.3, 0.4) is 0 Å². The number of piperazine rings is 1. The smallest absolute Gasteiger partial charge is 0.257 e. The minimum Gasteiger partial charge on any atom is -0.333 e. The Balaban J connectivity index is 2.27. The quantitative estimate of drug-likeness (QED) is 0.833. The van der Waals surface area contributed by atoms with Crippen LogP contribution in [0.2, 0.25) is 0 Å². The topological polar surface area (TPSA) is 50.2 Å². The lowest BCUT2D eigenvalue weighted by Crippen LogP contribution is -2.52. The van der Waals surface area contributed by atoms with Gasteiger partial charge in [0.1, 0.15) is 0 Å². The fourth-order valence-corrected chi connectivity index (χ4v) is 2.59. The molecule has 1 amide bonds. The number of rotatable bonds is 1. The van der Waals surface area contributed by atoms with E-state index in [0.717, 1.165) is 30.9 Å². The van der Waals surface area contributed by atoms with E-state index in [2.05, 4.69) is 38.1 Å². The second-order valence-corrected chi connectivity index (χ2v) is 6.28. The number of aromatic nitrogens is 2. The van der Waals surface area contributed by atoms with Crippen LogP contribution >= 0.6 is 0 Å². The predicted molar refractivity (Wildman–Crippen MR) is 75.3 cm³/mol. The zero-order chi connectivity index (χ0) is 14.2. The Hall–Kier alpha value is -1.36. The molecule has 0 bridgehead atoms. The molecule has 0 radical (unpaired) electrons. The van der Waals surface area contributed by atoms with Crippen molar-refractivity contribution in [2.24, 2.45) is 0 Å². The highest BCUT2D eigenvalue weighted by Crippen LogP contribution is 2.20. The molecule has 5 nitrogen and oxygen atoms in total. The third-order valence-electron chi connectivity index (χ3n) is 3.64. The molecule has 0 saturated carbocycles. The third-order valence-corrected chi connectivity index (χ3v) is 3.64. The molecule has 1 aromatic rings. The van der Waals surface area contributed by atoms with Crippen molar-refractivity contribution in [1.29, 1.82) is 0 Å². The summed E-state index contributed by atoms with van der Waals surface area (Å²) in [6.07, 6.45) is 1.71. The lowest BCUT2D eigenvalue weighted by atomic mass is 10.1. The first kappa shape index (κ1) is 14.1. The maximum Gasteiger partial charge on any atom is 0.257 e. The van der Waals surface area contributed by atoms with Gasteiger partial charge >= 0.3 is 0 Å². The summed E-state index contributed by atoms with van der Waals surface area (Å²) in [6.45, 7) is 12.8. The average molecular weight is 264 g/mol. The van der Waals surface area contributed by atoms with Gasteiger partial charge in [-0.1, -0.05) is 0 Å². The van der Waals surface area contributed by atoms with Gasteiger partial charge in [0.2, 0.25) is 0 Å². The molecule has 106 valence electrons. The molecular weight excluding hydrogens is 240 g/mol. The van der Waals surface area contributed by atoms with Crippen molar-refractivity contribution in [3.8, 4) is 0 Å². The molecule has 1 aliphatic rings. The van der Waals surface area contributed by atoms with Crippen LogP contribution in [0.15, 0.2) is 6.20 Å². The molecule has 1 atom stereocenters. The fourth-order valence-electron chi connectivity index (χ4n) is 2.59. The molecule has 1 fully saturated rings. The molecule has 1 saturated heterocycles. The molecule has 5 heteroatoms. The molecule has 1 aromatic heterocycles. The maximum atomic E-state index is 12.6. The zero-order valence-corrected chi connectivity index (χ0v) is 12.5. The monoisotopic (exact) mass is 264 g/mol. The Morgan fingerprint density at radius 3 is 2.68 bits per heavy atom. The minimum absolute atomic E-state index is 0.0991. The molecular formula is C14H24N4O. The van der Waals surface area contributed by atoms with Crippen LogP contribution in [0.1, 0.15) is 43.7 Å². The highest BCUT2D eigenvalue weighted by molar-refractivity contribution is 5.95. The van der Waals surface area contributed by atoms with E-state index in [1.54, 1.807) is 6.20 Å². The number of carbonyl (C=O) groups excluding carboxylic acids is 1. The van der Waals surface area contributed by atoms with Crippen LogP contribution < -0.4 is 5.32 Å². The molecule has 1 aliphatic heterocycles. The van der Waals surface area contributed by atoms with Gasteiger partial charge in [-0.2, -0.15) is 5.10 Å². The van der Waals surface area contributed by atoms with Crippen molar-refractivity contribution in [3.05, 3.63) is 17.5 Å². The van der Waals surface area contributed by atoms with Crippen molar-refractivity contribution < 1.29 is 4.79 Å². The molecule has 19 heavy (non-hydrogen) atoms. The van der Waals surface area contributed by atoms with Crippen molar-refractivity contribution in [2.75, 3.05) is 19.6 Å². The number of amides is 1. The molecule has 2 rings (SSSR count). The molecule has 0 aromatic carbocycles. The lowest BCUT2D eigenvalue weighted by Gasteiger charge is -2.34. The predicted octanol–water partition coefficient (Wildman–Crippen LogP) is 1.38. The second kappa shape index (κ2) is 4.96. The van der Waals surface area contributed by atoms with E-state index in [0.29, 0.717) is 0 Å². The summed E-state index contributed by atoms with van der Waals surface area (Å²) >= 11 is 0. The molecule has 2 heterocycles. The summed E-state index contributed by atoms with van der Waals surface area (Å²) in [5.41, 5.74) is 1.57. The summed E-state index contributed by atoms with van der Waals surface area (Å²) in [7, 11) is 0. The van der Waals surface area contributed by atoms with E-state index < -0.39 is 0 Å². The van der Waals surface area contributed by atoms with E-state index >= 15 is 0 Å². The third kappa shape index (κ3) is 2.66. The Morgan fingerprint density at radius 2 is 2.16 bits per heavy atom. The van der Waals surface area contributed by atoms with Crippen molar-refractivity contribution in [3.63, 3.8) is 0 Å². The molecule has 0 spiro atoms. The first-order chi connectivity index (χ1) is 8.82. The lowest BCUT2D eigenvalue weighted by molar-refractivity contribution is 0.0654. The second-order valence-electron chi connectivity index (χ2n) is 6.28. The summed E-state index contributed by atoms with van der Waals surface area (Å²) in [4.78, 5) is 14.6. The molecule has 0 aliphatic carbocycles. The van der Waals surface area contributed by atoms with E-state index in [-0.39, 0.29) is 17.5 Å². The first-order valence-electron chi connectivity index (χ1n) is 6.89. The van der Waals surface area contributed by atoms with Gasteiger partial charge in [-0.25, -0.2) is 0 Å². The van der Waals surface area contributed by atoms with Crippen molar-refractivity contribution in [2.45, 2.75) is 46.2 Å². The van der Waals surface area contributed by atoms with Gasteiger partial charge in [0.15, 0.2) is 0 Å². The van der Waals surface area contributed by atoms with Crippen molar-refractivity contribution in [1.82, 2.24) is 20.0 Å². The van der Waals surface area contributed by atoms with Gasteiger partial charge < -0.3 is 10.2 Å². The Bertz CT molecular complexity index is 472. The number of hydrogen-bond acceptors (Lipinski definition) is 3. The number of hydrogen-bond donors (Lipinski definition) is 1. The summed E-state index contributed by atoms with van der Waals surface area (Å²) < 4.78 is 1.92. The van der Waals surface area contributed by atoms with Gasteiger partial charge in [-0.3, -0.25) is 9.48 Å². The summed E-state index contributed by atoms with van der Waals surface area (Å²) in [5.74, 6) is 0.0991. The van der Waals surface area contributed by atoms with E-state index in [4.69, 9.17) is 0 Å². The summed E-state index contributed by atoms with van der Waals surface area (Å²) in [5, 5.41) is 7.68. The molecule has 1 N–H and O–H groups in total. The van der Waals surface area contributed by atoms with Gasteiger partial charge in [0.05, 0.1) is 17.3 Å². The standard InChI is InChI=1S/C14H24N4O/c1-10-8-15-6-7-17(10)13(19)12-9-16-18(11(12)2)14(3,4)5/h9-10,15H,6-8H2,1-5H3/t10-/m1/s1. The molecule has 0 unspecified atom stereocenters. The summed E-state index contributed by atoms with van der Waals surface area (Å²) in [6, 6.07) is 0.235. The normalized spacial score (nSPS) is 20.7. The van der Waals surface area contributed by atoms with Gasteiger partial charge in [0, 0.05) is 31.4 Å². The minimum atomic E-state index is -0.0995. The van der Waals surface area contributed by atoms with E-state index in [1.165, 1.54) is 0 Å². The van der Waals surface area contributed by atoms with Crippen LogP contribution in [0.25, 0.3) is 0 Å². The van der Waals surface area contributed by atoms with E-state index in [1.807, 2.05) is 16.5 Å². The Labute approximate surface area is 115 Å². The van der Waals surface area contributed by atoms with Gasteiger partial charge in [0.25, 0.3) is 5.91 Å². The van der Waals surface area contributed by atoms with Crippen LogP contribution in [0.5, 0.6) is 0 Å². The van der Waals surface area contributed by atoms with Gasteiger partial charge in [-0.15, -0.1) is 0 Å². The van der Waals surface area contributed by atoms with Crippen molar-refractivity contribution >= 4 is 5.91 Å². The van der Waals surface area contributed by atoms with Crippen LogP contribution in [-0.4, -0.2) is 46.3 Å². The Morgan fingerprint density at radius 1 is 1.47 bits per heavy atom. The largest absolute Gasteiger partial charge is 0.333 e. The first-order valence-corrected chi connectivity index (χ1v) is 6.89. The number of carbonyl (C=O) groups is 1. The highest BCUT2D eigenvalue weighted by atomic mass is 16.2. The van der Waals surface area contributed by atoms with Gasteiger partial charge in [-0.05, 0) is 34.6 Å². The maximum absolute atomic E-state index is 12.6. The SMILES string of the molecule is Cc1c(C(=O)N2CCNC[C@H]2C)cnn1C(C)(C)C. The number of nitrogens with one attached hydrogen (secondary N) is 1. The van der Waals surface area contributed by atoms with Crippen LogP contribution in [0, 0.1) is 6.92 Å². The fraction of sp³-hybridized carbons (Fsp3) is 0.714. The van der Waals surface area contributed by atoms with E-state index in [9.17, 15) is 4.79 Å². The number of nitrogens with zero attached hydrogens (tertiary/aromatic N) is 3. The zero-order valence-electron chi connectivity index (χ0n) is 12.5. The Kier molecular flexibility index (Phi) is 3.67. The average Bonchev–Trinajstić information content (AvgIpc) is 2.70. The van der Waals surface area contributed by atoms with Crippen LogP contribution in [0.4, 0.5) is 0 Å². The highest BCUT2D eigenvalue weighted by Gasteiger charge is 2.28.